The summed E-state index contributed by atoms with van der Waals surface area (Å²) in [5.41, 5.74) is 0.204. The maximum Gasteiger partial charge on any atom is 0.280 e. The molecule has 0 saturated carbocycles. The van der Waals surface area contributed by atoms with Crippen LogP contribution in [0.15, 0.2) is 41.8 Å². The number of β-amino-alcohol motifs (C(OH)–C–C–N with tert-alkyl or cyclic N) is 1. The van der Waals surface area contributed by atoms with Crippen LogP contribution in [-0.4, -0.2) is 35.2 Å². The second-order valence-electron chi connectivity index (χ2n) is 6.33. The lowest BCUT2D eigenvalue weighted by atomic mass is 10.1. The largest absolute Gasteiger partial charge is 1.00 e. The molecule has 0 bridgehead atoms. The number of halogens is 1. The van der Waals surface area contributed by atoms with Gasteiger partial charge in [0.25, 0.3) is 11.6 Å². The summed E-state index contributed by atoms with van der Waals surface area (Å²) in [5.74, 6) is 2.13. The van der Waals surface area contributed by atoms with E-state index in [-0.39, 0.29) is 17.0 Å². The van der Waals surface area contributed by atoms with Gasteiger partial charge < -0.3 is 26.8 Å². The predicted molar refractivity (Wildman–Crippen MR) is 97.2 cm³/mol. The van der Waals surface area contributed by atoms with E-state index in [2.05, 4.69) is 21.6 Å². The molecular formula is C19H23BrN2O2S. The van der Waals surface area contributed by atoms with Crippen molar-refractivity contribution in [2.24, 2.45) is 0 Å². The molecule has 0 aliphatic carbocycles. The zero-order valence-corrected chi connectivity index (χ0v) is 16.7. The number of thiophene rings is 1. The Labute approximate surface area is 163 Å². The van der Waals surface area contributed by atoms with Gasteiger partial charge in [-0.3, -0.25) is 0 Å². The Bertz CT molecular complexity index is 745. The molecule has 2 aliphatic rings. The Morgan fingerprint density at radius 3 is 2.72 bits per heavy atom. The standard InChI is InChI=1S/C19H23N2O2S.BrH/c1-2-23-16-10-8-15(9-11-16)20-14-19(22,17-6-5-13-24-17)21-12-4-3-7-18(20)21;/h5-6,8-11,13,22H,2-4,7,12,14H2,1H3;1H/q+1;/p-1. The van der Waals surface area contributed by atoms with Gasteiger partial charge in [0.1, 0.15) is 11.4 Å². The molecule has 4 nitrogen and oxygen atoms in total. The summed E-state index contributed by atoms with van der Waals surface area (Å²) in [6.07, 6.45) is 3.33. The molecule has 25 heavy (non-hydrogen) atoms. The monoisotopic (exact) mass is 422 g/mol. The molecule has 1 unspecified atom stereocenters. The van der Waals surface area contributed by atoms with Crippen LogP contribution < -0.4 is 26.6 Å². The SMILES string of the molecule is CCOc1ccc(N2CC(O)(c3cccs3)[N+]3=C2CCCC3)cc1.[Br-]. The third-order valence-electron chi connectivity index (χ3n) is 4.86. The minimum Gasteiger partial charge on any atom is -1.00 e. The van der Waals surface area contributed by atoms with Gasteiger partial charge in [-0.1, -0.05) is 6.07 Å². The number of rotatable bonds is 4. The number of amidine groups is 1. The molecule has 0 fully saturated rings. The Kier molecular flexibility index (Phi) is 5.51. The summed E-state index contributed by atoms with van der Waals surface area (Å²) in [6, 6.07) is 12.2. The van der Waals surface area contributed by atoms with E-state index < -0.39 is 5.72 Å². The molecule has 0 radical (unpaired) electrons. The molecule has 134 valence electrons. The number of ether oxygens (including phenoxy) is 1. The molecular weight excluding hydrogens is 400 g/mol. The maximum atomic E-state index is 11.5. The average molecular weight is 423 g/mol. The van der Waals surface area contributed by atoms with Crippen molar-refractivity contribution >= 4 is 22.9 Å². The number of hydrogen-bond donors (Lipinski definition) is 1. The molecule has 0 amide bonds. The van der Waals surface area contributed by atoms with Crippen LogP contribution in [-0.2, 0) is 5.72 Å². The Hall–Kier alpha value is -1.37. The van der Waals surface area contributed by atoms with Gasteiger partial charge in [0.15, 0.2) is 6.54 Å². The minimum absolute atomic E-state index is 0. The summed E-state index contributed by atoms with van der Waals surface area (Å²) < 4.78 is 7.75. The van der Waals surface area contributed by atoms with E-state index in [1.54, 1.807) is 11.3 Å². The van der Waals surface area contributed by atoms with E-state index in [4.69, 9.17) is 4.74 Å². The fraction of sp³-hybridized carbons (Fsp3) is 0.421. The third-order valence-corrected chi connectivity index (χ3v) is 5.87. The molecule has 1 atom stereocenters. The second kappa shape index (κ2) is 7.48. The van der Waals surface area contributed by atoms with E-state index in [0.29, 0.717) is 13.2 Å². The van der Waals surface area contributed by atoms with Gasteiger partial charge in [0, 0.05) is 6.42 Å². The average Bonchev–Trinajstić information content (AvgIpc) is 3.24. The van der Waals surface area contributed by atoms with Gasteiger partial charge in [-0.25, -0.2) is 9.48 Å². The number of nitrogens with zero attached hydrogens (tertiary/aromatic N) is 2. The van der Waals surface area contributed by atoms with Crippen LogP contribution in [0.2, 0.25) is 0 Å². The van der Waals surface area contributed by atoms with Crippen molar-refractivity contribution in [1.29, 1.82) is 0 Å². The van der Waals surface area contributed by atoms with Crippen molar-refractivity contribution < 1.29 is 31.4 Å². The first-order valence-corrected chi connectivity index (χ1v) is 9.50. The number of benzene rings is 1. The molecule has 4 rings (SSSR count). The van der Waals surface area contributed by atoms with E-state index in [1.807, 2.05) is 36.6 Å². The summed E-state index contributed by atoms with van der Waals surface area (Å²) in [6.45, 7) is 4.16. The zero-order valence-electron chi connectivity index (χ0n) is 14.3. The van der Waals surface area contributed by atoms with Crippen LogP contribution in [0.25, 0.3) is 0 Å². The lowest BCUT2D eigenvalue weighted by Crippen LogP contribution is -3.00. The smallest absolute Gasteiger partial charge is 0.280 e. The summed E-state index contributed by atoms with van der Waals surface area (Å²) in [4.78, 5) is 3.30. The summed E-state index contributed by atoms with van der Waals surface area (Å²) >= 11 is 1.63. The zero-order chi connectivity index (χ0) is 16.6. The highest BCUT2D eigenvalue weighted by Gasteiger charge is 2.53. The number of anilines is 1. The van der Waals surface area contributed by atoms with Crippen LogP contribution in [0.4, 0.5) is 5.69 Å². The van der Waals surface area contributed by atoms with Crippen LogP contribution in [0, 0.1) is 0 Å². The van der Waals surface area contributed by atoms with Gasteiger partial charge in [-0.05, 0) is 55.5 Å². The van der Waals surface area contributed by atoms with E-state index in [1.165, 1.54) is 12.3 Å². The van der Waals surface area contributed by atoms with Crippen molar-refractivity contribution in [3.8, 4) is 5.75 Å². The predicted octanol–water partition coefficient (Wildman–Crippen LogP) is 0.411. The van der Waals surface area contributed by atoms with Crippen LogP contribution in [0.1, 0.15) is 31.1 Å². The van der Waals surface area contributed by atoms with Crippen molar-refractivity contribution in [2.45, 2.75) is 31.9 Å². The maximum absolute atomic E-state index is 11.5. The first-order chi connectivity index (χ1) is 11.7. The van der Waals surface area contributed by atoms with E-state index >= 15 is 0 Å². The Balaban J connectivity index is 0.00000182. The van der Waals surface area contributed by atoms with Crippen LogP contribution in [0.5, 0.6) is 5.75 Å². The topological polar surface area (TPSA) is 35.7 Å². The van der Waals surface area contributed by atoms with Gasteiger partial charge in [-0.15, -0.1) is 11.3 Å². The normalized spacial score (nSPS) is 22.6. The first kappa shape index (κ1) is 18.4. The van der Waals surface area contributed by atoms with Crippen molar-refractivity contribution in [1.82, 2.24) is 0 Å². The molecule has 0 saturated heterocycles. The lowest BCUT2D eigenvalue weighted by Gasteiger charge is -2.22. The fourth-order valence-electron chi connectivity index (χ4n) is 3.74. The number of hydrogen-bond acceptors (Lipinski definition) is 4. The number of aliphatic hydroxyl groups is 1. The quantitative estimate of drug-likeness (QED) is 0.724. The summed E-state index contributed by atoms with van der Waals surface area (Å²) in [7, 11) is 0. The highest BCUT2D eigenvalue weighted by Crippen LogP contribution is 2.37. The molecule has 2 aliphatic heterocycles. The fourth-order valence-corrected chi connectivity index (χ4v) is 4.56. The molecule has 1 aromatic carbocycles. The van der Waals surface area contributed by atoms with Gasteiger partial charge in [-0.2, -0.15) is 0 Å². The van der Waals surface area contributed by atoms with Gasteiger partial charge in [0.05, 0.1) is 18.0 Å². The second-order valence-corrected chi connectivity index (χ2v) is 7.28. The Morgan fingerprint density at radius 2 is 2.04 bits per heavy atom. The molecule has 1 N–H and O–H groups in total. The van der Waals surface area contributed by atoms with Crippen LogP contribution in [0.3, 0.4) is 0 Å². The molecule has 6 heteroatoms. The lowest BCUT2D eigenvalue weighted by molar-refractivity contribution is -0.660. The molecule has 1 aromatic heterocycles. The molecule has 2 aromatic rings. The van der Waals surface area contributed by atoms with Crippen molar-refractivity contribution in [3.63, 3.8) is 0 Å². The third kappa shape index (κ3) is 3.23. The van der Waals surface area contributed by atoms with E-state index in [9.17, 15) is 5.11 Å². The molecule has 3 heterocycles. The van der Waals surface area contributed by atoms with E-state index in [0.717, 1.165) is 35.7 Å². The molecule has 0 spiro atoms. The van der Waals surface area contributed by atoms with Crippen molar-refractivity contribution in [2.75, 3.05) is 24.6 Å². The Morgan fingerprint density at radius 1 is 1.24 bits per heavy atom. The highest BCUT2D eigenvalue weighted by molar-refractivity contribution is 7.10. The highest BCUT2D eigenvalue weighted by atomic mass is 79.9. The summed E-state index contributed by atoms with van der Waals surface area (Å²) in [5, 5.41) is 13.5. The van der Waals surface area contributed by atoms with Gasteiger partial charge in [0.2, 0.25) is 0 Å². The van der Waals surface area contributed by atoms with Crippen molar-refractivity contribution in [3.05, 3.63) is 46.7 Å². The first-order valence-electron chi connectivity index (χ1n) is 8.62. The minimum atomic E-state index is -0.914. The van der Waals surface area contributed by atoms with Crippen LogP contribution >= 0.6 is 11.3 Å². The van der Waals surface area contributed by atoms with Gasteiger partial charge >= 0.3 is 0 Å².